The van der Waals surface area contributed by atoms with Crippen LogP contribution in [0, 0.1) is 0 Å². The maximum atomic E-state index is 6.52. The number of nitrogens with zero attached hydrogens (tertiary/aromatic N) is 4. The first kappa shape index (κ1) is 22.0. The number of benzene rings is 2. The van der Waals surface area contributed by atoms with Crippen LogP contribution in [0.5, 0.6) is 5.75 Å². The topological polar surface area (TPSA) is 63.3 Å². The fraction of sp³-hybridized carbons (Fsp3) is 0.250. The van der Waals surface area contributed by atoms with Gasteiger partial charge in [0.2, 0.25) is 5.79 Å². The molecule has 1 aliphatic heterocycles. The molecule has 0 aliphatic carbocycles. The van der Waals surface area contributed by atoms with Gasteiger partial charge in [0.05, 0.1) is 42.7 Å². The summed E-state index contributed by atoms with van der Waals surface area (Å²) in [6.45, 7) is 1.09. The van der Waals surface area contributed by atoms with Crippen LogP contribution >= 0.6 is 23.2 Å². The maximum absolute atomic E-state index is 6.52. The number of aromatic nitrogens is 4. The van der Waals surface area contributed by atoms with Gasteiger partial charge in [-0.25, -0.2) is 9.97 Å². The van der Waals surface area contributed by atoms with E-state index >= 15 is 0 Å². The second-order valence-corrected chi connectivity index (χ2v) is 8.73. The molecule has 7 nitrogen and oxygen atoms in total. The molecule has 0 N–H and O–H groups in total. The van der Waals surface area contributed by atoms with Crippen molar-refractivity contribution in [3.8, 4) is 17.0 Å². The van der Waals surface area contributed by atoms with E-state index in [1.54, 1.807) is 31.0 Å². The quantitative estimate of drug-likeness (QED) is 0.371. The molecule has 0 spiro atoms. The molecule has 2 atom stereocenters. The zero-order valence-corrected chi connectivity index (χ0v) is 19.4. The average molecular weight is 485 g/mol. The molecule has 0 amide bonds. The third kappa shape index (κ3) is 4.63. The monoisotopic (exact) mass is 484 g/mol. The Morgan fingerprint density at radius 2 is 1.97 bits per heavy atom. The molecule has 170 valence electrons. The summed E-state index contributed by atoms with van der Waals surface area (Å²) in [5.41, 5.74) is 2.82. The molecule has 0 radical (unpaired) electrons. The Labute approximate surface area is 201 Å². The number of hydrogen-bond donors (Lipinski definition) is 0. The number of aryl methyl sites for hydroxylation is 1. The standard InChI is InChI=1S/C24H22Cl2N4O3/c1-29-15-28-11-23(29)17-2-5-19(6-3-17)31-12-20-13-32-24(33-20,14-30-9-8-27-16-30)21-7-4-18(25)10-22(21)26/h2-11,15-16,20H,12-14H2,1H3/t20-,24-/m1/s1. The number of rotatable bonds is 7. The highest BCUT2D eigenvalue weighted by Gasteiger charge is 2.45. The Hall–Kier alpha value is -2.84. The Morgan fingerprint density at radius 1 is 1.12 bits per heavy atom. The summed E-state index contributed by atoms with van der Waals surface area (Å²) in [4.78, 5) is 8.28. The first-order valence-corrected chi connectivity index (χ1v) is 11.2. The van der Waals surface area contributed by atoms with Gasteiger partial charge in [-0.2, -0.15) is 0 Å². The molecule has 5 rings (SSSR count). The zero-order valence-electron chi connectivity index (χ0n) is 17.9. The van der Waals surface area contributed by atoms with Crippen molar-refractivity contribution in [2.45, 2.75) is 18.4 Å². The van der Waals surface area contributed by atoms with Gasteiger partial charge in [-0.1, -0.05) is 29.3 Å². The second kappa shape index (κ2) is 9.19. The van der Waals surface area contributed by atoms with Gasteiger partial charge in [-0.15, -0.1) is 0 Å². The van der Waals surface area contributed by atoms with E-state index in [4.69, 9.17) is 37.4 Å². The Morgan fingerprint density at radius 3 is 2.67 bits per heavy atom. The first-order valence-electron chi connectivity index (χ1n) is 10.4. The van der Waals surface area contributed by atoms with Gasteiger partial charge in [0, 0.05) is 35.6 Å². The lowest BCUT2D eigenvalue weighted by molar-refractivity contribution is -0.189. The fourth-order valence-corrected chi connectivity index (χ4v) is 4.47. The third-order valence-corrected chi connectivity index (χ3v) is 6.10. The number of ether oxygens (including phenoxy) is 3. The summed E-state index contributed by atoms with van der Waals surface area (Å²) in [5.74, 6) is -0.319. The van der Waals surface area contributed by atoms with E-state index < -0.39 is 5.79 Å². The molecule has 1 aliphatic rings. The lowest BCUT2D eigenvalue weighted by atomic mass is 10.1. The Bertz CT molecular complexity index is 1230. The van der Waals surface area contributed by atoms with Gasteiger partial charge in [-0.3, -0.25) is 0 Å². The highest BCUT2D eigenvalue weighted by atomic mass is 35.5. The maximum Gasteiger partial charge on any atom is 0.215 e. The van der Waals surface area contributed by atoms with Gasteiger partial charge in [0.25, 0.3) is 0 Å². The Kier molecular flexibility index (Phi) is 6.12. The van der Waals surface area contributed by atoms with Crippen molar-refractivity contribution in [2.75, 3.05) is 13.2 Å². The Balaban J connectivity index is 1.30. The van der Waals surface area contributed by atoms with Gasteiger partial charge >= 0.3 is 0 Å². The molecule has 33 heavy (non-hydrogen) atoms. The second-order valence-electron chi connectivity index (χ2n) is 7.89. The summed E-state index contributed by atoms with van der Waals surface area (Å²) in [7, 11) is 1.97. The van der Waals surface area contributed by atoms with E-state index in [1.807, 2.05) is 58.9 Å². The van der Waals surface area contributed by atoms with Crippen molar-refractivity contribution in [2.24, 2.45) is 7.05 Å². The number of halogens is 2. The summed E-state index contributed by atoms with van der Waals surface area (Å²) in [5, 5.41) is 1.03. The highest BCUT2D eigenvalue weighted by Crippen LogP contribution is 2.40. The normalized spacial score (nSPS) is 20.3. The van der Waals surface area contributed by atoms with Crippen LogP contribution in [-0.2, 0) is 28.9 Å². The van der Waals surface area contributed by atoms with E-state index in [-0.39, 0.29) is 6.10 Å². The van der Waals surface area contributed by atoms with Gasteiger partial charge in [0.1, 0.15) is 18.5 Å². The van der Waals surface area contributed by atoms with Crippen molar-refractivity contribution in [3.05, 3.63) is 89.3 Å². The van der Waals surface area contributed by atoms with Gasteiger partial charge in [-0.05, 0) is 36.4 Å². The summed E-state index contributed by atoms with van der Waals surface area (Å²) >= 11 is 12.6. The van der Waals surface area contributed by atoms with Crippen molar-refractivity contribution in [3.63, 3.8) is 0 Å². The fourth-order valence-electron chi connectivity index (χ4n) is 3.92. The molecule has 4 aromatic rings. The first-order chi connectivity index (χ1) is 16.0. The van der Waals surface area contributed by atoms with Gasteiger partial charge in [0.15, 0.2) is 0 Å². The number of imidazole rings is 2. The molecular weight excluding hydrogens is 463 g/mol. The van der Waals surface area contributed by atoms with Crippen molar-refractivity contribution in [1.82, 2.24) is 19.1 Å². The van der Waals surface area contributed by atoms with E-state index in [9.17, 15) is 0 Å². The smallest absolute Gasteiger partial charge is 0.215 e. The van der Waals surface area contributed by atoms with Crippen LogP contribution in [0.4, 0.5) is 0 Å². The lowest BCUT2D eigenvalue weighted by Gasteiger charge is -2.30. The molecule has 9 heteroatoms. The molecule has 0 bridgehead atoms. The molecule has 2 aromatic carbocycles. The molecule has 0 saturated carbocycles. The minimum Gasteiger partial charge on any atom is -0.491 e. The van der Waals surface area contributed by atoms with Crippen molar-refractivity contribution in [1.29, 1.82) is 0 Å². The van der Waals surface area contributed by atoms with E-state index in [0.717, 1.165) is 17.0 Å². The highest BCUT2D eigenvalue weighted by molar-refractivity contribution is 6.35. The molecule has 1 saturated heterocycles. The lowest BCUT2D eigenvalue weighted by Crippen LogP contribution is -2.34. The van der Waals surface area contributed by atoms with Crippen molar-refractivity contribution < 1.29 is 14.2 Å². The summed E-state index contributed by atoms with van der Waals surface area (Å²) in [6, 6.07) is 13.2. The van der Waals surface area contributed by atoms with Crippen LogP contribution in [0.15, 0.2) is 73.7 Å². The van der Waals surface area contributed by atoms with Crippen molar-refractivity contribution >= 4 is 23.2 Å². The van der Waals surface area contributed by atoms with E-state index in [0.29, 0.717) is 35.4 Å². The average Bonchev–Trinajstić information content (AvgIpc) is 3.55. The van der Waals surface area contributed by atoms with Crippen LogP contribution in [0.1, 0.15) is 5.56 Å². The van der Waals surface area contributed by atoms with E-state index in [2.05, 4.69) is 9.97 Å². The third-order valence-electron chi connectivity index (χ3n) is 5.55. The van der Waals surface area contributed by atoms with Crippen LogP contribution in [0.25, 0.3) is 11.3 Å². The molecule has 2 aromatic heterocycles. The predicted octanol–water partition coefficient (Wildman–Crippen LogP) is 4.94. The molecule has 0 unspecified atom stereocenters. The summed E-state index contributed by atoms with van der Waals surface area (Å²) < 4.78 is 22.5. The summed E-state index contributed by atoms with van der Waals surface area (Å²) in [6.07, 6.45) is 8.61. The van der Waals surface area contributed by atoms with Crippen LogP contribution in [0.2, 0.25) is 10.0 Å². The molecule has 1 fully saturated rings. The van der Waals surface area contributed by atoms with Crippen LogP contribution in [-0.4, -0.2) is 38.4 Å². The molecular formula is C24H22Cl2N4O3. The predicted molar refractivity (Wildman–Crippen MR) is 125 cm³/mol. The van der Waals surface area contributed by atoms with Gasteiger partial charge < -0.3 is 23.3 Å². The SMILES string of the molecule is Cn1cncc1-c1ccc(OC[C@@H]2CO[C@@](Cn3ccnc3)(c3ccc(Cl)cc3Cl)O2)cc1. The minimum absolute atomic E-state index is 0.281. The van der Waals surface area contributed by atoms with Crippen LogP contribution in [0.3, 0.4) is 0 Å². The van der Waals surface area contributed by atoms with Crippen LogP contribution < -0.4 is 4.74 Å². The van der Waals surface area contributed by atoms with E-state index in [1.165, 1.54) is 0 Å². The number of hydrogen-bond acceptors (Lipinski definition) is 5. The molecule has 3 heterocycles. The minimum atomic E-state index is -1.07. The zero-order chi connectivity index (χ0) is 22.8. The largest absolute Gasteiger partial charge is 0.491 e.